The average molecular weight is 360 g/mol. The number of hydrogen-bond acceptors (Lipinski definition) is 5. The molecule has 6 nitrogen and oxygen atoms in total. The van der Waals surface area contributed by atoms with E-state index < -0.39 is 10.0 Å². The normalized spacial score (nSPS) is 24.0. The maximum Gasteiger partial charge on any atom is 0.244 e. The van der Waals surface area contributed by atoms with E-state index >= 15 is 0 Å². The molecule has 2 saturated heterocycles. The van der Waals surface area contributed by atoms with Gasteiger partial charge in [-0.2, -0.15) is 4.31 Å². The molecule has 1 unspecified atom stereocenters. The summed E-state index contributed by atoms with van der Waals surface area (Å²) < 4.78 is 32.5. The van der Waals surface area contributed by atoms with Gasteiger partial charge in [0.15, 0.2) is 0 Å². The van der Waals surface area contributed by atoms with Crippen molar-refractivity contribution in [3.8, 4) is 5.75 Å². The second-order valence-corrected chi connectivity index (χ2v) is 8.20. The van der Waals surface area contributed by atoms with Crippen LogP contribution in [0.2, 0.25) is 5.02 Å². The molecule has 0 aliphatic carbocycles. The Bertz CT molecular complexity index is 662. The van der Waals surface area contributed by atoms with Gasteiger partial charge in [-0.15, -0.1) is 0 Å². The fourth-order valence-electron chi connectivity index (χ4n) is 3.22. The predicted molar refractivity (Wildman–Crippen MR) is 89.6 cm³/mol. The molecule has 1 aromatic rings. The molecular formula is C15H22ClN3O3S. The van der Waals surface area contributed by atoms with E-state index in [1.165, 1.54) is 13.2 Å². The number of sulfonamides is 1. The van der Waals surface area contributed by atoms with Gasteiger partial charge in [0.1, 0.15) is 10.6 Å². The van der Waals surface area contributed by atoms with E-state index in [1.54, 1.807) is 16.4 Å². The molecule has 8 heteroatoms. The lowest BCUT2D eigenvalue weighted by Crippen LogP contribution is -2.49. The number of ether oxygens (including phenoxy) is 1. The van der Waals surface area contributed by atoms with Gasteiger partial charge in [-0.1, -0.05) is 11.6 Å². The van der Waals surface area contributed by atoms with Crippen LogP contribution in [0.25, 0.3) is 0 Å². The molecule has 1 N–H and O–H groups in total. The van der Waals surface area contributed by atoms with E-state index in [1.807, 2.05) is 0 Å². The molecule has 128 valence electrons. The SMILES string of the molecule is COc1ccc(Cl)c(S(=O)(=O)N2CCC(N3CCNCC3)C2)c1. The van der Waals surface area contributed by atoms with E-state index in [9.17, 15) is 8.42 Å². The van der Waals surface area contributed by atoms with Crippen molar-refractivity contribution in [2.75, 3.05) is 46.4 Å². The number of nitrogens with one attached hydrogen (secondary N) is 1. The number of hydrogen-bond donors (Lipinski definition) is 1. The molecule has 1 atom stereocenters. The molecule has 0 saturated carbocycles. The summed E-state index contributed by atoms with van der Waals surface area (Å²) in [6.07, 6.45) is 0.862. The number of methoxy groups -OCH3 is 1. The Hall–Kier alpha value is -0.860. The molecule has 2 aliphatic rings. The largest absolute Gasteiger partial charge is 0.497 e. The highest BCUT2D eigenvalue weighted by molar-refractivity contribution is 7.89. The molecular weight excluding hydrogens is 338 g/mol. The Labute approximate surface area is 142 Å². The van der Waals surface area contributed by atoms with E-state index in [4.69, 9.17) is 16.3 Å². The summed E-state index contributed by atoms with van der Waals surface area (Å²) in [6, 6.07) is 5.01. The second kappa shape index (κ2) is 6.94. The molecule has 2 heterocycles. The quantitative estimate of drug-likeness (QED) is 0.869. The third-order valence-corrected chi connectivity index (χ3v) is 6.90. The summed E-state index contributed by atoms with van der Waals surface area (Å²) >= 11 is 6.12. The lowest BCUT2D eigenvalue weighted by molar-refractivity contribution is 0.179. The lowest BCUT2D eigenvalue weighted by atomic mass is 10.2. The maximum absolute atomic E-state index is 12.9. The Balaban J connectivity index is 1.78. The summed E-state index contributed by atoms with van der Waals surface area (Å²) in [5.74, 6) is 0.492. The number of rotatable bonds is 4. The third-order valence-electron chi connectivity index (χ3n) is 4.55. The fourth-order valence-corrected chi connectivity index (χ4v) is 5.20. The summed E-state index contributed by atoms with van der Waals surface area (Å²) in [6.45, 7) is 4.92. The highest BCUT2D eigenvalue weighted by Gasteiger charge is 2.36. The first-order valence-corrected chi connectivity index (χ1v) is 9.62. The van der Waals surface area contributed by atoms with Crippen LogP contribution in [0.4, 0.5) is 0 Å². The molecule has 2 aliphatic heterocycles. The fraction of sp³-hybridized carbons (Fsp3) is 0.600. The summed E-state index contributed by atoms with van der Waals surface area (Å²) in [7, 11) is -2.08. The third kappa shape index (κ3) is 3.49. The number of piperazine rings is 1. The zero-order valence-electron chi connectivity index (χ0n) is 13.2. The predicted octanol–water partition coefficient (Wildman–Crippen LogP) is 1.02. The van der Waals surface area contributed by atoms with Crippen LogP contribution in [-0.4, -0.2) is 70.0 Å². The number of nitrogens with zero attached hydrogens (tertiary/aromatic N) is 2. The number of benzene rings is 1. The molecule has 2 fully saturated rings. The minimum atomic E-state index is -3.59. The van der Waals surface area contributed by atoms with Crippen LogP contribution in [0.1, 0.15) is 6.42 Å². The first-order chi connectivity index (χ1) is 11.0. The molecule has 0 amide bonds. The van der Waals surface area contributed by atoms with Crippen LogP contribution < -0.4 is 10.1 Å². The Morgan fingerprint density at radius 3 is 2.70 bits per heavy atom. The first kappa shape index (κ1) is 17.0. The van der Waals surface area contributed by atoms with Crippen molar-refractivity contribution < 1.29 is 13.2 Å². The zero-order valence-corrected chi connectivity index (χ0v) is 14.7. The monoisotopic (exact) mass is 359 g/mol. The van der Waals surface area contributed by atoms with Gasteiger partial charge in [0.2, 0.25) is 10.0 Å². The maximum atomic E-state index is 12.9. The van der Waals surface area contributed by atoms with Gasteiger partial charge in [0.25, 0.3) is 0 Å². The van der Waals surface area contributed by atoms with Gasteiger partial charge >= 0.3 is 0 Å². The summed E-state index contributed by atoms with van der Waals surface area (Å²) in [5, 5.41) is 3.55. The Kier molecular flexibility index (Phi) is 5.13. The zero-order chi connectivity index (χ0) is 16.4. The highest BCUT2D eigenvalue weighted by atomic mass is 35.5. The van der Waals surface area contributed by atoms with E-state index in [0.717, 1.165) is 32.6 Å². The lowest BCUT2D eigenvalue weighted by Gasteiger charge is -2.32. The topological polar surface area (TPSA) is 61.9 Å². The summed E-state index contributed by atoms with van der Waals surface area (Å²) in [5.41, 5.74) is 0. The summed E-state index contributed by atoms with van der Waals surface area (Å²) in [4.78, 5) is 2.50. The van der Waals surface area contributed by atoms with Crippen molar-refractivity contribution >= 4 is 21.6 Å². The van der Waals surface area contributed by atoms with Crippen molar-refractivity contribution in [2.24, 2.45) is 0 Å². The van der Waals surface area contributed by atoms with Crippen LogP contribution in [0.5, 0.6) is 5.75 Å². The van der Waals surface area contributed by atoms with Gasteiger partial charge < -0.3 is 10.1 Å². The average Bonchev–Trinajstić information content (AvgIpc) is 3.07. The van der Waals surface area contributed by atoms with Crippen molar-refractivity contribution in [1.29, 1.82) is 0 Å². The smallest absolute Gasteiger partial charge is 0.244 e. The molecule has 0 aromatic heterocycles. The molecule has 0 radical (unpaired) electrons. The van der Waals surface area contributed by atoms with Crippen molar-refractivity contribution in [3.05, 3.63) is 23.2 Å². The van der Waals surface area contributed by atoms with Crippen LogP contribution in [0.15, 0.2) is 23.1 Å². The van der Waals surface area contributed by atoms with Gasteiger partial charge in [0, 0.05) is 51.4 Å². The van der Waals surface area contributed by atoms with Crippen LogP contribution in [0.3, 0.4) is 0 Å². The highest BCUT2D eigenvalue weighted by Crippen LogP contribution is 2.31. The van der Waals surface area contributed by atoms with Crippen molar-refractivity contribution in [1.82, 2.24) is 14.5 Å². The van der Waals surface area contributed by atoms with Crippen molar-refractivity contribution in [2.45, 2.75) is 17.4 Å². The molecule has 3 rings (SSSR count). The second-order valence-electron chi connectivity index (χ2n) is 5.89. The minimum Gasteiger partial charge on any atom is -0.497 e. The van der Waals surface area contributed by atoms with Gasteiger partial charge in [-0.05, 0) is 18.6 Å². The van der Waals surface area contributed by atoms with Crippen LogP contribution >= 0.6 is 11.6 Å². The van der Waals surface area contributed by atoms with E-state index in [0.29, 0.717) is 18.8 Å². The molecule has 0 bridgehead atoms. The molecule has 0 spiro atoms. The van der Waals surface area contributed by atoms with Gasteiger partial charge in [-0.3, -0.25) is 4.90 Å². The first-order valence-electron chi connectivity index (χ1n) is 7.81. The van der Waals surface area contributed by atoms with E-state index in [2.05, 4.69) is 10.2 Å². The van der Waals surface area contributed by atoms with Crippen molar-refractivity contribution in [3.63, 3.8) is 0 Å². The number of halogens is 1. The molecule has 23 heavy (non-hydrogen) atoms. The van der Waals surface area contributed by atoms with Crippen LogP contribution in [-0.2, 0) is 10.0 Å². The minimum absolute atomic E-state index is 0.125. The molecule has 1 aromatic carbocycles. The van der Waals surface area contributed by atoms with Gasteiger partial charge in [0.05, 0.1) is 12.1 Å². The van der Waals surface area contributed by atoms with E-state index in [-0.39, 0.29) is 16.0 Å². The standard InChI is InChI=1S/C15H22ClN3O3S/c1-22-13-2-3-14(16)15(10-13)23(20,21)19-7-4-12(11-19)18-8-5-17-6-9-18/h2-3,10,12,17H,4-9,11H2,1H3. The van der Waals surface area contributed by atoms with Gasteiger partial charge in [-0.25, -0.2) is 8.42 Å². The Morgan fingerprint density at radius 2 is 2.00 bits per heavy atom. The van der Waals surface area contributed by atoms with Crippen LogP contribution in [0, 0.1) is 0 Å². The Morgan fingerprint density at radius 1 is 1.26 bits per heavy atom.